The number of anilines is 6. The van der Waals surface area contributed by atoms with Crippen LogP contribution in [0.1, 0.15) is 22.3 Å². The quantitative estimate of drug-likeness (QED) is 0.166. The lowest BCUT2D eigenvalue weighted by Crippen LogP contribution is -2.26. The lowest BCUT2D eigenvalue weighted by atomic mass is 9.70. The van der Waals surface area contributed by atoms with E-state index in [1.807, 2.05) is 0 Å². The van der Waals surface area contributed by atoms with Crippen molar-refractivity contribution >= 4 is 99.5 Å². The number of rotatable bonds is 6. The molecule has 0 atom stereocenters. The number of para-hydroxylation sites is 4. The Morgan fingerprint density at radius 1 is 0.288 bits per heavy atom. The summed E-state index contributed by atoms with van der Waals surface area (Å²) >= 11 is 0. The minimum Gasteiger partial charge on any atom is -0.454 e. The third-order valence-electron chi connectivity index (χ3n) is 15.8. The highest BCUT2D eigenvalue weighted by molar-refractivity contribution is 6.27. The van der Waals surface area contributed by atoms with E-state index < -0.39 is 5.41 Å². The second-order valence-corrected chi connectivity index (χ2v) is 19.5. The topological polar surface area (TPSA) is 32.8 Å². The SMILES string of the molecule is c1ccc(N(c2ccc3ccccc3c2)c2cc3c(c4c2oc2ccccc24)-c2c(cc(N(c4ccccc4)c4ccc5ccccc5c4)c4oc5ccccc5c24)C32c3ccccc3-c3ccccc32)cc1. The van der Waals surface area contributed by atoms with Crippen LogP contribution < -0.4 is 9.80 Å². The largest absolute Gasteiger partial charge is 0.454 e. The third-order valence-corrected chi connectivity index (χ3v) is 15.8. The zero-order valence-electron chi connectivity index (χ0n) is 39.5. The predicted molar refractivity (Wildman–Crippen MR) is 302 cm³/mol. The van der Waals surface area contributed by atoms with Gasteiger partial charge in [-0.15, -0.1) is 0 Å². The first-order valence-corrected chi connectivity index (χ1v) is 25.1. The van der Waals surface area contributed by atoms with E-state index in [1.165, 1.54) is 54.9 Å². The molecule has 14 aromatic rings. The van der Waals surface area contributed by atoms with Crippen LogP contribution in [-0.2, 0) is 5.41 Å². The van der Waals surface area contributed by atoms with Crippen molar-refractivity contribution in [1.82, 2.24) is 0 Å². The van der Waals surface area contributed by atoms with Gasteiger partial charge in [0.2, 0.25) is 0 Å². The molecule has 0 saturated heterocycles. The number of nitrogens with zero attached hydrogens (tertiary/aromatic N) is 2. The van der Waals surface area contributed by atoms with Gasteiger partial charge in [-0.3, -0.25) is 0 Å². The van der Waals surface area contributed by atoms with Crippen LogP contribution >= 0.6 is 0 Å². The average Bonchev–Trinajstić information content (AvgIpc) is 4.31. The molecule has 340 valence electrons. The molecule has 0 fully saturated rings. The van der Waals surface area contributed by atoms with Crippen molar-refractivity contribution in [1.29, 1.82) is 0 Å². The van der Waals surface area contributed by atoms with Gasteiger partial charge in [-0.2, -0.15) is 0 Å². The fourth-order valence-corrected chi connectivity index (χ4v) is 12.8. The van der Waals surface area contributed by atoms with E-state index in [2.05, 4.69) is 265 Å². The molecule has 73 heavy (non-hydrogen) atoms. The monoisotopic (exact) mass is 930 g/mol. The molecule has 16 rings (SSSR count). The van der Waals surface area contributed by atoms with Crippen LogP contribution in [0.4, 0.5) is 34.1 Å². The van der Waals surface area contributed by atoms with Crippen molar-refractivity contribution in [3.63, 3.8) is 0 Å². The summed E-state index contributed by atoms with van der Waals surface area (Å²) in [5.74, 6) is 0. The molecule has 0 N–H and O–H groups in total. The standard InChI is InChI=1S/C69H42N2O2/c1-3-23-47(24-4-1)70(49-37-35-43-19-7-9-21-45(43)39-49)59-41-57-65(63-53-29-13-17-33-61(53)72-67(59)63)66-58(69(57)55-31-15-11-27-51(55)52-28-12-16-32-56(52)69)42-60(68-64(66)54-30-14-18-34-62(54)73-68)71(48-25-5-2-6-26-48)50-38-36-44-20-8-10-22-46(44)40-50/h1-42H. The average molecular weight is 931 g/mol. The van der Waals surface area contributed by atoms with Crippen LogP contribution in [0.2, 0.25) is 0 Å². The van der Waals surface area contributed by atoms with Crippen molar-refractivity contribution in [2.75, 3.05) is 9.80 Å². The molecule has 2 heterocycles. The second-order valence-electron chi connectivity index (χ2n) is 19.5. The summed E-state index contributed by atoms with van der Waals surface area (Å²) in [5.41, 5.74) is 18.4. The van der Waals surface area contributed by atoms with Crippen LogP contribution in [0.25, 0.3) is 87.7 Å². The zero-order valence-corrected chi connectivity index (χ0v) is 39.5. The van der Waals surface area contributed by atoms with Crippen molar-refractivity contribution in [2.45, 2.75) is 5.41 Å². The summed E-state index contributed by atoms with van der Waals surface area (Å²) in [6.45, 7) is 0. The molecular formula is C69H42N2O2. The molecule has 1 spiro atoms. The van der Waals surface area contributed by atoms with Gasteiger partial charge >= 0.3 is 0 Å². The Labute approximate surface area is 420 Å². The minimum absolute atomic E-state index is 0.780. The van der Waals surface area contributed by atoms with E-state index in [-0.39, 0.29) is 0 Å². The van der Waals surface area contributed by atoms with Gasteiger partial charge < -0.3 is 18.6 Å². The minimum atomic E-state index is -0.780. The fourth-order valence-electron chi connectivity index (χ4n) is 12.8. The van der Waals surface area contributed by atoms with Gasteiger partial charge in [0, 0.05) is 44.3 Å². The number of furan rings is 2. The highest BCUT2D eigenvalue weighted by atomic mass is 16.3. The van der Waals surface area contributed by atoms with Crippen molar-refractivity contribution in [3.05, 3.63) is 277 Å². The smallest absolute Gasteiger partial charge is 0.160 e. The maximum Gasteiger partial charge on any atom is 0.160 e. The molecule has 12 aromatic carbocycles. The predicted octanol–water partition coefficient (Wildman–Crippen LogP) is 19.1. The van der Waals surface area contributed by atoms with Crippen LogP contribution in [0.3, 0.4) is 0 Å². The van der Waals surface area contributed by atoms with Gasteiger partial charge in [-0.25, -0.2) is 0 Å². The van der Waals surface area contributed by atoms with E-state index in [9.17, 15) is 0 Å². The van der Waals surface area contributed by atoms with Gasteiger partial charge in [0.05, 0.1) is 16.8 Å². The summed E-state index contributed by atoms with van der Waals surface area (Å²) in [6.07, 6.45) is 0. The Hall–Kier alpha value is -9.64. The Kier molecular flexibility index (Phi) is 8.35. The Morgan fingerprint density at radius 2 is 0.671 bits per heavy atom. The first kappa shape index (κ1) is 40.1. The molecule has 0 bridgehead atoms. The molecule has 4 heteroatoms. The Balaban J connectivity index is 1.12. The molecule has 2 aliphatic rings. The number of benzene rings is 12. The maximum atomic E-state index is 7.35. The van der Waals surface area contributed by atoms with E-state index in [4.69, 9.17) is 8.83 Å². The molecule has 0 amide bonds. The fraction of sp³-hybridized carbons (Fsp3) is 0.0145. The van der Waals surface area contributed by atoms with Gasteiger partial charge in [0.1, 0.15) is 11.2 Å². The van der Waals surface area contributed by atoms with Crippen molar-refractivity contribution in [2.24, 2.45) is 0 Å². The summed E-state index contributed by atoms with van der Waals surface area (Å²) < 4.78 is 14.7. The number of fused-ring (bicyclic) bond motifs is 20. The van der Waals surface area contributed by atoms with Gasteiger partial charge in [0.15, 0.2) is 11.2 Å². The van der Waals surface area contributed by atoms with E-state index >= 15 is 0 Å². The summed E-state index contributed by atoms with van der Waals surface area (Å²) in [4.78, 5) is 4.82. The molecule has 2 aromatic heterocycles. The van der Waals surface area contributed by atoms with Crippen LogP contribution in [0, 0.1) is 0 Å². The number of hydrogen-bond acceptors (Lipinski definition) is 4. The van der Waals surface area contributed by atoms with Gasteiger partial charge in [0.25, 0.3) is 0 Å². The second kappa shape index (κ2) is 15.2. The van der Waals surface area contributed by atoms with Crippen molar-refractivity contribution in [3.8, 4) is 22.3 Å². The van der Waals surface area contributed by atoms with Crippen molar-refractivity contribution < 1.29 is 8.83 Å². The summed E-state index contributed by atoms with van der Waals surface area (Å²) in [7, 11) is 0. The Bertz CT molecular complexity index is 4290. The van der Waals surface area contributed by atoms with Gasteiger partial charge in [-0.05, 0) is 139 Å². The molecule has 0 aliphatic heterocycles. The third kappa shape index (κ3) is 5.55. The van der Waals surface area contributed by atoms with E-state index in [0.717, 1.165) is 89.1 Å². The van der Waals surface area contributed by atoms with E-state index in [1.54, 1.807) is 0 Å². The highest BCUT2D eigenvalue weighted by Gasteiger charge is 2.54. The normalized spacial score (nSPS) is 13.0. The summed E-state index contributed by atoms with van der Waals surface area (Å²) in [6, 6.07) is 92.7. The van der Waals surface area contributed by atoms with Gasteiger partial charge in [-0.1, -0.05) is 182 Å². The van der Waals surface area contributed by atoms with Crippen LogP contribution in [-0.4, -0.2) is 0 Å². The first-order chi connectivity index (χ1) is 36.2. The zero-order chi connectivity index (χ0) is 47.8. The number of hydrogen-bond donors (Lipinski definition) is 0. The van der Waals surface area contributed by atoms with Crippen LogP contribution in [0.15, 0.2) is 264 Å². The molecule has 2 aliphatic carbocycles. The molecular weight excluding hydrogens is 889 g/mol. The van der Waals surface area contributed by atoms with Crippen LogP contribution in [0.5, 0.6) is 0 Å². The molecule has 4 nitrogen and oxygen atoms in total. The Morgan fingerprint density at radius 3 is 1.14 bits per heavy atom. The maximum absolute atomic E-state index is 7.35. The molecule has 0 radical (unpaired) electrons. The lowest BCUT2D eigenvalue weighted by molar-refractivity contribution is 0.668. The summed E-state index contributed by atoms with van der Waals surface area (Å²) in [5, 5.41) is 9.01. The lowest BCUT2D eigenvalue weighted by Gasteiger charge is -2.33. The molecule has 0 saturated carbocycles. The highest BCUT2D eigenvalue weighted by Crippen LogP contribution is 2.68. The molecule has 0 unspecified atom stereocenters. The van der Waals surface area contributed by atoms with E-state index in [0.29, 0.717) is 0 Å². The first-order valence-electron chi connectivity index (χ1n) is 25.1.